The van der Waals surface area contributed by atoms with Crippen LogP contribution in [0.3, 0.4) is 0 Å². The Balaban J connectivity index is 2.53. The van der Waals surface area contributed by atoms with Crippen LogP contribution in [-0.2, 0) is 0 Å². The van der Waals surface area contributed by atoms with E-state index in [9.17, 15) is 4.79 Å². The van der Waals surface area contributed by atoms with Gasteiger partial charge in [-0.05, 0) is 12.1 Å². The molecule has 2 aromatic rings. The second-order valence-corrected chi connectivity index (χ2v) is 10.2. The van der Waals surface area contributed by atoms with Gasteiger partial charge in [-0.1, -0.05) is 37.7 Å². The smallest absolute Gasteiger partial charge is 0.250 e. The van der Waals surface area contributed by atoms with Gasteiger partial charge in [0.05, 0.1) is 11.1 Å². The molecule has 1 aromatic heterocycles. The number of benzene rings is 1. The van der Waals surface area contributed by atoms with E-state index in [0.717, 1.165) is 10.9 Å². The topological polar surface area (TPSA) is 56.0 Å². The Bertz CT molecular complexity index is 705. The van der Waals surface area contributed by atoms with Crippen molar-refractivity contribution < 1.29 is 4.79 Å². The molecule has 0 spiro atoms. The number of carbonyl (C=O) groups excluding carboxylic acids is 1. The number of rotatable bonds is 1. The maximum atomic E-state index is 11.3. The van der Waals surface area contributed by atoms with E-state index >= 15 is 0 Å². The number of fused-ring (bicyclic) bond motifs is 1. The van der Waals surface area contributed by atoms with Crippen molar-refractivity contribution in [1.29, 1.82) is 0 Å². The number of amides is 1. The second-order valence-electron chi connectivity index (χ2n) is 5.47. The van der Waals surface area contributed by atoms with Gasteiger partial charge in [0, 0.05) is 17.1 Å². The molecule has 2 N–H and O–H groups in total. The first-order chi connectivity index (χ1) is 8.87. The van der Waals surface area contributed by atoms with Gasteiger partial charge in [-0.25, -0.2) is 0 Å². The lowest BCUT2D eigenvalue weighted by Crippen LogP contribution is -2.16. The Kier molecular flexibility index (Phi) is 3.41. The highest BCUT2D eigenvalue weighted by molar-refractivity contribution is 6.83. The molecule has 0 unspecified atom stereocenters. The highest BCUT2D eigenvalue weighted by Gasteiger charge is 2.09. The van der Waals surface area contributed by atoms with Crippen molar-refractivity contribution >= 4 is 24.9 Å². The minimum atomic E-state index is -1.40. The molecule has 0 saturated carbocycles. The highest BCUT2D eigenvalue weighted by Crippen LogP contribution is 2.17. The van der Waals surface area contributed by atoms with Gasteiger partial charge in [0.15, 0.2) is 0 Å². The van der Waals surface area contributed by atoms with Crippen LogP contribution in [0.4, 0.5) is 0 Å². The number of hydrogen-bond acceptors (Lipinski definition) is 2. The number of nitrogens with two attached hydrogens (primary N) is 1. The average molecular weight is 268 g/mol. The minimum Gasteiger partial charge on any atom is -0.366 e. The summed E-state index contributed by atoms with van der Waals surface area (Å²) in [6.45, 7) is 6.58. The Hall–Kier alpha value is -2.12. The van der Waals surface area contributed by atoms with Crippen LogP contribution in [0.25, 0.3) is 10.9 Å². The monoisotopic (exact) mass is 268 g/mol. The molecular formula is C15H16N2OSi. The lowest BCUT2D eigenvalue weighted by atomic mass is 10.1. The summed E-state index contributed by atoms with van der Waals surface area (Å²) in [6, 6.07) is 7.35. The number of pyridine rings is 1. The SMILES string of the molecule is C[Si](C)(C)C#Cc1cnc2c(C(N)=O)cccc2c1. The van der Waals surface area contributed by atoms with Crippen LogP contribution in [0.1, 0.15) is 15.9 Å². The molecule has 0 fully saturated rings. The molecule has 0 aliphatic rings. The van der Waals surface area contributed by atoms with E-state index < -0.39 is 14.0 Å². The Morgan fingerprint density at radius 1 is 1.32 bits per heavy atom. The molecule has 1 amide bonds. The van der Waals surface area contributed by atoms with Gasteiger partial charge in [-0.2, -0.15) is 0 Å². The van der Waals surface area contributed by atoms with E-state index in [4.69, 9.17) is 5.73 Å². The summed E-state index contributed by atoms with van der Waals surface area (Å²) in [6.07, 6.45) is 1.70. The quantitative estimate of drug-likeness (QED) is 0.638. The lowest BCUT2D eigenvalue weighted by molar-refractivity contribution is 0.100. The van der Waals surface area contributed by atoms with E-state index in [2.05, 4.69) is 36.1 Å². The van der Waals surface area contributed by atoms with Gasteiger partial charge in [-0.3, -0.25) is 9.78 Å². The van der Waals surface area contributed by atoms with Crippen LogP contribution in [0, 0.1) is 11.5 Å². The summed E-state index contributed by atoms with van der Waals surface area (Å²) in [4.78, 5) is 15.6. The van der Waals surface area contributed by atoms with Crippen LogP contribution in [0.5, 0.6) is 0 Å². The number of carbonyl (C=O) groups is 1. The minimum absolute atomic E-state index is 0.446. The van der Waals surface area contributed by atoms with Gasteiger partial charge >= 0.3 is 0 Å². The molecule has 0 saturated heterocycles. The van der Waals surface area contributed by atoms with Crippen molar-refractivity contribution in [3.8, 4) is 11.5 Å². The fourth-order valence-corrected chi connectivity index (χ4v) is 2.21. The number of aromatic nitrogens is 1. The maximum absolute atomic E-state index is 11.3. The van der Waals surface area contributed by atoms with Crippen LogP contribution in [0.15, 0.2) is 30.5 Å². The van der Waals surface area contributed by atoms with Crippen molar-refractivity contribution in [3.63, 3.8) is 0 Å². The summed E-state index contributed by atoms with van der Waals surface area (Å²) in [7, 11) is -1.40. The van der Waals surface area contributed by atoms with Crippen molar-refractivity contribution in [2.75, 3.05) is 0 Å². The number of hydrogen-bond donors (Lipinski definition) is 1. The van der Waals surface area contributed by atoms with E-state index in [1.165, 1.54) is 0 Å². The molecule has 3 nitrogen and oxygen atoms in total. The van der Waals surface area contributed by atoms with Crippen molar-refractivity contribution in [2.45, 2.75) is 19.6 Å². The first-order valence-corrected chi connectivity index (χ1v) is 9.58. The van der Waals surface area contributed by atoms with Crippen LogP contribution < -0.4 is 5.73 Å². The first-order valence-electron chi connectivity index (χ1n) is 6.08. The van der Waals surface area contributed by atoms with E-state index in [-0.39, 0.29) is 0 Å². The number of para-hydroxylation sites is 1. The van der Waals surface area contributed by atoms with Gasteiger partial charge < -0.3 is 5.73 Å². The fraction of sp³-hybridized carbons (Fsp3) is 0.200. The summed E-state index contributed by atoms with van der Waals surface area (Å²) in [5.41, 5.74) is 10.6. The van der Waals surface area contributed by atoms with E-state index in [0.29, 0.717) is 11.1 Å². The predicted octanol–water partition coefficient (Wildman–Crippen LogP) is 2.56. The molecular weight excluding hydrogens is 252 g/mol. The average Bonchev–Trinajstić information content (AvgIpc) is 2.34. The largest absolute Gasteiger partial charge is 0.366 e. The summed E-state index contributed by atoms with van der Waals surface area (Å²) in [5.74, 6) is 2.70. The van der Waals surface area contributed by atoms with Crippen molar-refractivity contribution in [3.05, 3.63) is 41.6 Å². The van der Waals surface area contributed by atoms with Gasteiger partial charge in [0.1, 0.15) is 8.07 Å². The zero-order valence-electron chi connectivity index (χ0n) is 11.3. The standard InChI is InChI=1S/C15H16N2OSi/c1-19(2,3)8-7-11-9-12-5-4-6-13(15(16)18)14(12)17-10-11/h4-6,9-10H,1-3H3,(H2,16,18). The van der Waals surface area contributed by atoms with Crippen molar-refractivity contribution in [2.24, 2.45) is 5.73 Å². The highest BCUT2D eigenvalue weighted by atomic mass is 28.3. The third-order valence-electron chi connectivity index (χ3n) is 2.56. The summed E-state index contributed by atoms with van der Waals surface area (Å²) >= 11 is 0. The molecule has 2 rings (SSSR count). The Labute approximate surface area is 113 Å². The summed E-state index contributed by atoms with van der Waals surface area (Å²) < 4.78 is 0. The molecule has 4 heteroatoms. The molecule has 0 atom stereocenters. The molecule has 19 heavy (non-hydrogen) atoms. The first kappa shape index (κ1) is 13.3. The molecule has 96 valence electrons. The Morgan fingerprint density at radius 2 is 2.05 bits per heavy atom. The van der Waals surface area contributed by atoms with Crippen LogP contribution in [0.2, 0.25) is 19.6 Å². The molecule has 0 aliphatic carbocycles. The molecule has 0 radical (unpaired) electrons. The number of nitrogens with zero attached hydrogens (tertiary/aromatic N) is 1. The zero-order valence-corrected chi connectivity index (χ0v) is 12.3. The van der Waals surface area contributed by atoms with Crippen molar-refractivity contribution in [1.82, 2.24) is 4.98 Å². The normalized spacial score (nSPS) is 10.9. The third-order valence-corrected chi connectivity index (χ3v) is 3.43. The zero-order chi connectivity index (χ0) is 14.0. The van der Waals surface area contributed by atoms with Gasteiger partial charge in [0.25, 0.3) is 5.91 Å². The summed E-state index contributed by atoms with van der Waals surface area (Å²) in [5, 5.41) is 0.888. The van der Waals surface area contributed by atoms with E-state index in [1.807, 2.05) is 12.1 Å². The maximum Gasteiger partial charge on any atom is 0.250 e. The molecule has 1 heterocycles. The van der Waals surface area contributed by atoms with E-state index in [1.54, 1.807) is 18.3 Å². The fourth-order valence-electron chi connectivity index (χ4n) is 1.69. The predicted molar refractivity (Wildman–Crippen MR) is 80.5 cm³/mol. The number of primary amides is 1. The third kappa shape index (κ3) is 3.21. The molecule has 1 aromatic carbocycles. The molecule has 0 aliphatic heterocycles. The van der Waals surface area contributed by atoms with Crippen LogP contribution in [-0.4, -0.2) is 19.0 Å². The molecule has 0 bridgehead atoms. The lowest BCUT2D eigenvalue weighted by Gasteiger charge is -2.04. The van der Waals surface area contributed by atoms with Gasteiger partial charge in [0.2, 0.25) is 0 Å². The Morgan fingerprint density at radius 3 is 2.68 bits per heavy atom. The second kappa shape index (κ2) is 4.86. The van der Waals surface area contributed by atoms with Crippen LogP contribution >= 0.6 is 0 Å². The van der Waals surface area contributed by atoms with Gasteiger partial charge in [-0.15, -0.1) is 5.54 Å².